The minimum atomic E-state index is -0.168. The molecule has 0 saturated heterocycles. The Morgan fingerprint density at radius 3 is 2.85 bits per heavy atom. The van der Waals surface area contributed by atoms with Gasteiger partial charge in [0.25, 0.3) is 5.91 Å². The number of aryl methyl sites for hydroxylation is 1. The van der Waals surface area contributed by atoms with E-state index < -0.39 is 0 Å². The molecule has 0 spiro atoms. The van der Waals surface area contributed by atoms with Gasteiger partial charge in [0.2, 0.25) is 5.91 Å². The van der Waals surface area contributed by atoms with Crippen molar-refractivity contribution in [1.29, 1.82) is 0 Å². The van der Waals surface area contributed by atoms with Crippen molar-refractivity contribution in [2.24, 2.45) is 0 Å². The lowest BCUT2D eigenvalue weighted by Gasteiger charge is -2.28. The second-order valence-corrected chi connectivity index (χ2v) is 6.64. The second kappa shape index (κ2) is 6.29. The molecule has 2 amide bonds. The predicted octanol–water partition coefficient (Wildman–Crippen LogP) is 3.03. The molecule has 1 aliphatic heterocycles. The maximum atomic E-state index is 12.9. The molecule has 2 aromatic heterocycles. The Morgan fingerprint density at radius 2 is 2.04 bits per heavy atom. The molecule has 3 aromatic rings. The molecule has 2 N–H and O–H groups in total. The van der Waals surface area contributed by atoms with Gasteiger partial charge in [0.05, 0.1) is 11.3 Å². The third-order valence-corrected chi connectivity index (χ3v) is 4.96. The van der Waals surface area contributed by atoms with E-state index >= 15 is 0 Å². The fourth-order valence-corrected chi connectivity index (χ4v) is 3.58. The van der Waals surface area contributed by atoms with Crippen LogP contribution in [0, 0.1) is 6.92 Å². The Bertz CT molecular complexity index is 1020. The third-order valence-electron chi connectivity index (χ3n) is 4.96. The van der Waals surface area contributed by atoms with E-state index in [1.807, 2.05) is 31.2 Å². The highest BCUT2D eigenvalue weighted by molar-refractivity contribution is 6.10. The maximum Gasteiger partial charge on any atom is 0.257 e. The minimum absolute atomic E-state index is 0.0416. The molecule has 6 heteroatoms. The lowest BCUT2D eigenvalue weighted by Crippen LogP contribution is -2.35. The molecule has 0 radical (unpaired) electrons. The number of carbonyl (C=O) groups is 2. The number of nitrogens with one attached hydrogen (secondary N) is 2. The van der Waals surface area contributed by atoms with Gasteiger partial charge < -0.3 is 15.2 Å². The molecule has 1 aromatic carbocycles. The zero-order valence-corrected chi connectivity index (χ0v) is 14.8. The summed E-state index contributed by atoms with van der Waals surface area (Å²) in [5.41, 5.74) is 5.20. The number of fused-ring (bicyclic) bond motifs is 2. The molecule has 132 valence electrons. The molecule has 6 nitrogen and oxygen atoms in total. The summed E-state index contributed by atoms with van der Waals surface area (Å²) in [6, 6.07) is 7.88. The van der Waals surface area contributed by atoms with Crippen LogP contribution in [0.15, 0.2) is 36.7 Å². The molecule has 3 heterocycles. The molecule has 0 saturated carbocycles. The highest BCUT2D eigenvalue weighted by Gasteiger charge is 2.24. The van der Waals surface area contributed by atoms with Gasteiger partial charge >= 0.3 is 0 Å². The summed E-state index contributed by atoms with van der Waals surface area (Å²) in [7, 11) is 0. The van der Waals surface area contributed by atoms with Crippen LogP contribution in [-0.2, 0) is 17.8 Å². The molecule has 4 rings (SSSR count). The number of amides is 2. The largest absolute Gasteiger partial charge is 0.357 e. The Balaban J connectivity index is 1.66. The third kappa shape index (κ3) is 2.73. The molecular formula is C20H20N4O2. The van der Waals surface area contributed by atoms with E-state index in [2.05, 4.69) is 15.3 Å². The first-order chi connectivity index (χ1) is 12.5. The van der Waals surface area contributed by atoms with Gasteiger partial charge in [-0.1, -0.05) is 18.2 Å². The number of aromatic nitrogens is 2. The van der Waals surface area contributed by atoms with Gasteiger partial charge in [-0.3, -0.25) is 14.6 Å². The van der Waals surface area contributed by atoms with Crippen molar-refractivity contribution < 1.29 is 9.59 Å². The average molecular weight is 348 g/mol. The van der Waals surface area contributed by atoms with Crippen LogP contribution in [0.2, 0.25) is 0 Å². The lowest BCUT2D eigenvalue weighted by atomic mass is 9.96. The van der Waals surface area contributed by atoms with E-state index in [0.717, 1.165) is 33.4 Å². The normalized spacial score (nSPS) is 13.5. The number of hydrogen-bond donors (Lipinski definition) is 2. The summed E-state index contributed by atoms with van der Waals surface area (Å²) in [4.78, 5) is 33.9. The monoisotopic (exact) mass is 348 g/mol. The van der Waals surface area contributed by atoms with Gasteiger partial charge in [-0.05, 0) is 30.5 Å². The van der Waals surface area contributed by atoms with Gasteiger partial charge in [0.1, 0.15) is 0 Å². The van der Waals surface area contributed by atoms with Crippen molar-refractivity contribution in [2.75, 3.05) is 11.9 Å². The van der Waals surface area contributed by atoms with Crippen LogP contribution in [0.4, 0.5) is 5.69 Å². The van der Waals surface area contributed by atoms with Crippen molar-refractivity contribution >= 4 is 28.4 Å². The van der Waals surface area contributed by atoms with Crippen molar-refractivity contribution in [3.05, 3.63) is 59.0 Å². The predicted molar refractivity (Wildman–Crippen MR) is 100 cm³/mol. The molecule has 1 aliphatic rings. The summed E-state index contributed by atoms with van der Waals surface area (Å²) >= 11 is 0. The fourth-order valence-electron chi connectivity index (χ4n) is 3.58. The van der Waals surface area contributed by atoms with Gasteiger partial charge in [0, 0.05) is 49.0 Å². The first-order valence-corrected chi connectivity index (χ1v) is 8.64. The van der Waals surface area contributed by atoms with E-state index in [9.17, 15) is 9.59 Å². The van der Waals surface area contributed by atoms with E-state index in [1.165, 1.54) is 0 Å². The summed E-state index contributed by atoms with van der Waals surface area (Å²) in [6.45, 7) is 4.64. The molecule has 0 bridgehead atoms. The summed E-state index contributed by atoms with van der Waals surface area (Å²) in [5, 5.41) is 4.03. The van der Waals surface area contributed by atoms with E-state index in [0.29, 0.717) is 25.1 Å². The lowest BCUT2D eigenvalue weighted by molar-refractivity contribution is -0.129. The van der Waals surface area contributed by atoms with E-state index in [1.54, 1.807) is 24.2 Å². The summed E-state index contributed by atoms with van der Waals surface area (Å²) in [5.74, 6) is -0.126. The van der Waals surface area contributed by atoms with Crippen LogP contribution in [0.25, 0.3) is 10.9 Å². The quantitative estimate of drug-likeness (QED) is 0.747. The zero-order valence-electron chi connectivity index (χ0n) is 14.8. The number of para-hydroxylation sites is 1. The second-order valence-electron chi connectivity index (χ2n) is 6.64. The number of pyridine rings is 1. The van der Waals surface area contributed by atoms with Gasteiger partial charge in [0.15, 0.2) is 0 Å². The highest BCUT2D eigenvalue weighted by atomic mass is 16.2. The van der Waals surface area contributed by atoms with E-state index in [4.69, 9.17) is 0 Å². The standard InChI is InChI=1S/C20H20N4O2/c1-12-19(16-5-3-4-6-18(16)22-12)23-20(26)17-10-21-9-14-11-24(13(2)25)8-7-15(14)17/h3-6,9-10,22H,7-8,11H2,1-2H3,(H,23,26). The van der Waals surface area contributed by atoms with E-state index in [-0.39, 0.29) is 11.8 Å². The number of nitrogens with zero attached hydrogens (tertiary/aromatic N) is 2. The number of benzene rings is 1. The van der Waals surface area contributed by atoms with Crippen molar-refractivity contribution in [3.63, 3.8) is 0 Å². The van der Waals surface area contributed by atoms with Gasteiger partial charge in [-0.2, -0.15) is 0 Å². The van der Waals surface area contributed by atoms with Crippen LogP contribution in [-0.4, -0.2) is 33.2 Å². The van der Waals surface area contributed by atoms with Gasteiger partial charge in [-0.25, -0.2) is 0 Å². The average Bonchev–Trinajstić information content (AvgIpc) is 2.96. The zero-order chi connectivity index (χ0) is 18.3. The van der Waals surface area contributed by atoms with Gasteiger partial charge in [-0.15, -0.1) is 0 Å². The Hall–Kier alpha value is -3.15. The maximum absolute atomic E-state index is 12.9. The Labute approximate surface area is 151 Å². The van der Waals surface area contributed by atoms with Crippen LogP contribution in [0.3, 0.4) is 0 Å². The number of rotatable bonds is 2. The number of H-pyrrole nitrogens is 1. The number of hydrogen-bond acceptors (Lipinski definition) is 3. The summed E-state index contributed by atoms with van der Waals surface area (Å²) in [6.07, 6.45) is 4.02. The van der Waals surface area contributed by atoms with Crippen LogP contribution in [0.1, 0.15) is 34.1 Å². The minimum Gasteiger partial charge on any atom is -0.357 e. The first kappa shape index (κ1) is 16.3. The Morgan fingerprint density at radius 1 is 1.23 bits per heavy atom. The molecule has 0 aliphatic carbocycles. The van der Waals surface area contributed by atoms with Crippen LogP contribution >= 0.6 is 0 Å². The molecule has 26 heavy (non-hydrogen) atoms. The fraction of sp³-hybridized carbons (Fsp3) is 0.250. The van der Waals surface area contributed by atoms with Crippen LogP contribution < -0.4 is 5.32 Å². The smallest absolute Gasteiger partial charge is 0.257 e. The number of aromatic amines is 1. The van der Waals surface area contributed by atoms with Crippen molar-refractivity contribution in [1.82, 2.24) is 14.9 Å². The number of carbonyl (C=O) groups excluding carboxylic acids is 2. The van der Waals surface area contributed by atoms with Crippen molar-refractivity contribution in [3.8, 4) is 0 Å². The molecule has 0 atom stereocenters. The molecule has 0 fully saturated rings. The Kier molecular flexibility index (Phi) is 3.95. The summed E-state index contributed by atoms with van der Waals surface area (Å²) < 4.78 is 0. The first-order valence-electron chi connectivity index (χ1n) is 8.64. The van der Waals surface area contributed by atoms with Crippen LogP contribution in [0.5, 0.6) is 0 Å². The number of anilines is 1. The molecule has 0 unspecified atom stereocenters. The van der Waals surface area contributed by atoms with Crippen molar-refractivity contribution in [2.45, 2.75) is 26.8 Å². The molecular weight excluding hydrogens is 328 g/mol. The SMILES string of the molecule is CC(=O)N1CCc2c(cncc2C(=O)Nc2c(C)[nH]c3ccccc23)C1. The highest BCUT2D eigenvalue weighted by Crippen LogP contribution is 2.28. The topological polar surface area (TPSA) is 78.1 Å².